The zero-order valence-corrected chi connectivity index (χ0v) is 18.6. The fourth-order valence-corrected chi connectivity index (χ4v) is 4.82. The van der Waals surface area contributed by atoms with Crippen molar-refractivity contribution in [3.05, 3.63) is 29.2 Å². The SMILES string of the molecule is COC1CCc2c(-c3cc(NC(=O)[C@@H]4CCCC(NC(C)=O)C4)ncc3Cl)cnn2C1. The maximum atomic E-state index is 12.9. The van der Waals surface area contributed by atoms with Crippen LogP contribution < -0.4 is 10.6 Å². The van der Waals surface area contributed by atoms with Crippen LogP contribution in [0.25, 0.3) is 11.1 Å². The first kappa shape index (κ1) is 21.8. The van der Waals surface area contributed by atoms with Crippen LogP contribution in [0.15, 0.2) is 18.5 Å². The molecular weight excluding hydrogens is 418 g/mol. The van der Waals surface area contributed by atoms with Gasteiger partial charge in [-0.3, -0.25) is 14.3 Å². The van der Waals surface area contributed by atoms with E-state index in [1.807, 2.05) is 16.9 Å². The summed E-state index contributed by atoms with van der Waals surface area (Å²) in [5.74, 6) is 0.185. The van der Waals surface area contributed by atoms with Crippen molar-refractivity contribution in [3.8, 4) is 11.1 Å². The molecule has 2 aliphatic rings. The van der Waals surface area contributed by atoms with Crippen molar-refractivity contribution in [1.82, 2.24) is 20.1 Å². The third-order valence-corrected chi connectivity index (χ3v) is 6.51. The van der Waals surface area contributed by atoms with Crippen LogP contribution in [0, 0.1) is 5.92 Å². The van der Waals surface area contributed by atoms with Gasteiger partial charge in [0.05, 0.1) is 23.9 Å². The third-order valence-electron chi connectivity index (χ3n) is 6.21. The van der Waals surface area contributed by atoms with Gasteiger partial charge >= 0.3 is 0 Å². The smallest absolute Gasteiger partial charge is 0.228 e. The molecule has 0 aromatic carbocycles. The quantitative estimate of drug-likeness (QED) is 0.736. The molecule has 2 aromatic rings. The van der Waals surface area contributed by atoms with E-state index in [4.69, 9.17) is 16.3 Å². The van der Waals surface area contributed by atoms with Crippen LogP contribution in [0.4, 0.5) is 5.82 Å². The van der Waals surface area contributed by atoms with Crippen molar-refractivity contribution in [2.75, 3.05) is 12.4 Å². The number of nitrogens with one attached hydrogen (secondary N) is 2. The Hall–Kier alpha value is -2.45. The number of hydrogen-bond donors (Lipinski definition) is 2. The molecule has 0 saturated heterocycles. The Morgan fingerprint density at radius 3 is 2.84 bits per heavy atom. The number of nitrogens with zero attached hydrogens (tertiary/aromatic N) is 3. The van der Waals surface area contributed by atoms with Crippen LogP contribution in [0.3, 0.4) is 0 Å². The van der Waals surface area contributed by atoms with Crippen LogP contribution in [0.1, 0.15) is 44.7 Å². The summed E-state index contributed by atoms with van der Waals surface area (Å²) < 4.78 is 7.43. The van der Waals surface area contributed by atoms with E-state index in [1.165, 1.54) is 6.92 Å². The molecule has 166 valence electrons. The van der Waals surface area contributed by atoms with Gasteiger partial charge in [-0.2, -0.15) is 5.10 Å². The number of halogens is 1. The molecule has 3 heterocycles. The van der Waals surface area contributed by atoms with Crippen molar-refractivity contribution in [2.24, 2.45) is 5.92 Å². The largest absolute Gasteiger partial charge is 0.380 e. The minimum Gasteiger partial charge on any atom is -0.380 e. The molecular formula is C22H28ClN5O3. The average molecular weight is 446 g/mol. The van der Waals surface area contributed by atoms with Crippen molar-refractivity contribution in [2.45, 2.75) is 64.1 Å². The van der Waals surface area contributed by atoms with Crippen molar-refractivity contribution in [3.63, 3.8) is 0 Å². The highest BCUT2D eigenvalue weighted by atomic mass is 35.5. The van der Waals surface area contributed by atoms with Gasteiger partial charge in [0.2, 0.25) is 11.8 Å². The molecule has 9 heteroatoms. The van der Waals surface area contributed by atoms with Crippen LogP contribution in [0.5, 0.6) is 0 Å². The average Bonchev–Trinajstić information content (AvgIpc) is 3.17. The molecule has 1 aliphatic heterocycles. The molecule has 0 bridgehead atoms. The minimum atomic E-state index is -0.151. The monoisotopic (exact) mass is 445 g/mol. The number of hydrogen-bond acceptors (Lipinski definition) is 5. The predicted octanol–water partition coefficient (Wildman–Crippen LogP) is 3.19. The highest BCUT2D eigenvalue weighted by Crippen LogP contribution is 2.34. The van der Waals surface area contributed by atoms with Crippen molar-refractivity contribution < 1.29 is 14.3 Å². The molecule has 31 heavy (non-hydrogen) atoms. The van der Waals surface area contributed by atoms with Gasteiger partial charge in [-0.05, 0) is 38.2 Å². The van der Waals surface area contributed by atoms with E-state index in [-0.39, 0.29) is 29.9 Å². The number of carbonyl (C=O) groups excluding carboxylic acids is 2. The van der Waals surface area contributed by atoms with Gasteiger partial charge in [0.15, 0.2) is 0 Å². The topological polar surface area (TPSA) is 98.1 Å². The lowest BCUT2D eigenvalue weighted by atomic mass is 9.85. The molecule has 2 amide bonds. The fraction of sp³-hybridized carbons (Fsp3) is 0.545. The Labute approximate surface area is 186 Å². The molecule has 0 radical (unpaired) electrons. The number of anilines is 1. The Kier molecular flexibility index (Phi) is 6.57. The maximum Gasteiger partial charge on any atom is 0.228 e. The molecule has 2 unspecified atom stereocenters. The van der Waals surface area contributed by atoms with Crippen molar-refractivity contribution >= 4 is 29.2 Å². The Bertz CT molecular complexity index is 976. The lowest BCUT2D eigenvalue weighted by Gasteiger charge is -2.28. The van der Waals surface area contributed by atoms with Crippen LogP contribution in [-0.2, 0) is 27.3 Å². The molecule has 0 spiro atoms. The first-order valence-electron chi connectivity index (χ1n) is 10.8. The van der Waals surface area contributed by atoms with Gasteiger partial charge in [0, 0.05) is 49.0 Å². The number of ether oxygens (including phenoxy) is 1. The van der Waals surface area contributed by atoms with Gasteiger partial charge in [-0.15, -0.1) is 0 Å². The summed E-state index contributed by atoms with van der Waals surface area (Å²) in [7, 11) is 1.72. The highest BCUT2D eigenvalue weighted by molar-refractivity contribution is 6.33. The summed E-state index contributed by atoms with van der Waals surface area (Å²) in [4.78, 5) is 28.5. The molecule has 2 N–H and O–H groups in total. The number of methoxy groups -OCH3 is 1. The molecule has 8 nitrogen and oxygen atoms in total. The lowest BCUT2D eigenvalue weighted by molar-refractivity contribution is -0.123. The van der Waals surface area contributed by atoms with Gasteiger partial charge in [0.25, 0.3) is 0 Å². The summed E-state index contributed by atoms with van der Waals surface area (Å²) in [6.07, 6.45) is 8.59. The zero-order chi connectivity index (χ0) is 22.0. The molecule has 1 saturated carbocycles. The zero-order valence-electron chi connectivity index (χ0n) is 17.9. The number of carbonyl (C=O) groups is 2. The predicted molar refractivity (Wildman–Crippen MR) is 118 cm³/mol. The van der Waals surface area contributed by atoms with E-state index in [0.29, 0.717) is 17.3 Å². The number of amides is 2. The molecule has 4 rings (SSSR count). The fourth-order valence-electron chi connectivity index (χ4n) is 4.62. The van der Waals surface area contributed by atoms with Gasteiger partial charge < -0.3 is 15.4 Å². The van der Waals surface area contributed by atoms with E-state index >= 15 is 0 Å². The van der Waals surface area contributed by atoms with Crippen LogP contribution >= 0.6 is 11.6 Å². The first-order chi connectivity index (χ1) is 14.9. The van der Waals surface area contributed by atoms with Crippen LogP contribution in [-0.4, -0.2) is 45.8 Å². The van der Waals surface area contributed by atoms with E-state index in [9.17, 15) is 9.59 Å². The first-order valence-corrected chi connectivity index (χ1v) is 11.1. The summed E-state index contributed by atoms with van der Waals surface area (Å²) in [6.45, 7) is 2.23. The van der Waals surface area contributed by atoms with Gasteiger partial charge in [-0.25, -0.2) is 4.98 Å². The number of pyridine rings is 1. The standard InChI is InChI=1S/C22H28ClN5O3/c1-13(29)26-15-5-3-4-14(8-15)22(30)27-21-9-17(19(23)11-24-21)18-10-25-28-12-16(31-2)6-7-20(18)28/h9-11,14-16H,3-8,12H2,1-2H3,(H,26,29)(H,24,27,30)/t14-,15?,16?/m1/s1. The third kappa shape index (κ3) is 4.91. The highest BCUT2D eigenvalue weighted by Gasteiger charge is 2.28. The lowest BCUT2D eigenvalue weighted by Crippen LogP contribution is -2.40. The Morgan fingerprint density at radius 2 is 2.06 bits per heavy atom. The number of aromatic nitrogens is 3. The van der Waals surface area contributed by atoms with E-state index in [2.05, 4.69) is 20.7 Å². The second kappa shape index (κ2) is 9.36. The minimum absolute atomic E-state index is 0.0469. The van der Waals surface area contributed by atoms with E-state index in [1.54, 1.807) is 13.3 Å². The van der Waals surface area contributed by atoms with E-state index in [0.717, 1.165) is 55.5 Å². The Morgan fingerprint density at radius 1 is 1.23 bits per heavy atom. The van der Waals surface area contributed by atoms with E-state index < -0.39 is 0 Å². The number of fused-ring (bicyclic) bond motifs is 1. The second-order valence-corrected chi connectivity index (χ2v) is 8.79. The molecule has 1 fully saturated rings. The van der Waals surface area contributed by atoms with Crippen molar-refractivity contribution in [1.29, 1.82) is 0 Å². The molecule has 3 atom stereocenters. The maximum absolute atomic E-state index is 12.9. The van der Waals surface area contributed by atoms with Gasteiger partial charge in [-0.1, -0.05) is 18.0 Å². The Balaban J connectivity index is 1.49. The number of rotatable bonds is 5. The summed E-state index contributed by atoms with van der Waals surface area (Å²) in [6, 6.07) is 1.86. The normalized spacial score (nSPS) is 23.1. The molecule has 2 aromatic heterocycles. The molecule has 1 aliphatic carbocycles. The summed E-state index contributed by atoms with van der Waals surface area (Å²) in [5.41, 5.74) is 2.88. The summed E-state index contributed by atoms with van der Waals surface area (Å²) >= 11 is 6.46. The summed E-state index contributed by atoms with van der Waals surface area (Å²) in [5, 5.41) is 10.9. The van der Waals surface area contributed by atoms with Crippen LogP contribution in [0.2, 0.25) is 5.02 Å². The van der Waals surface area contributed by atoms with Gasteiger partial charge in [0.1, 0.15) is 5.82 Å². The second-order valence-electron chi connectivity index (χ2n) is 8.38.